The van der Waals surface area contributed by atoms with Crippen molar-refractivity contribution in [2.24, 2.45) is 11.3 Å². The van der Waals surface area contributed by atoms with E-state index in [2.05, 4.69) is 30.8 Å². The van der Waals surface area contributed by atoms with Crippen LogP contribution in [0.15, 0.2) is 24.4 Å². The van der Waals surface area contributed by atoms with E-state index in [9.17, 15) is 27.6 Å². The molecule has 0 radical (unpaired) electrons. The van der Waals surface area contributed by atoms with Crippen LogP contribution < -0.4 is 10.6 Å². The maximum atomic E-state index is 13.8. The number of amides is 3. The van der Waals surface area contributed by atoms with Crippen LogP contribution in [0.3, 0.4) is 0 Å². The van der Waals surface area contributed by atoms with E-state index in [4.69, 9.17) is 11.6 Å². The van der Waals surface area contributed by atoms with E-state index in [1.807, 2.05) is 11.8 Å². The van der Waals surface area contributed by atoms with Crippen LogP contribution in [0.4, 0.5) is 13.2 Å². The first-order valence-electron chi connectivity index (χ1n) is 15.5. The molecule has 0 aliphatic carbocycles. The smallest absolute Gasteiger partial charge is 0.345 e. The Kier molecular flexibility index (Phi) is 9.59. The molecule has 3 aliphatic heterocycles. The van der Waals surface area contributed by atoms with Crippen LogP contribution in [0.5, 0.6) is 0 Å². The first-order valence-corrected chi connectivity index (χ1v) is 17.1. The van der Waals surface area contributed by atoms with Crippen molar-refractivity contribution in [1.29, 1.82) is 0 Å². The molecule has 3 amide bonds. The highest BCUT2D eigenvalue weighted by atomic mass is 35.5. The Morgan fingerprint density at radius 1 is 1.11 bits per heavy atom. The second-order valence-corrected chi connectivity index (χ2v) is 14.1. The Balaban J connectivity index is 1.06. The largest absolute Gasteiger partial charge is 0.435 e. The second-order valence-electron chi connectivity index (χ2n) is 12.7. The number of piperazine rings is 1. The van der Waals surface area contributed by atoms with Gasteiger partial charge in [0, 0.05) is 44.3 Å². The van der Waals surface area contributed by atoms with Gasteiger partial charge in [0.1, 0.15) is 0 Å². The van der Waals surface area contributed by atoms with Gasteiger partial charge in [-0.05, 0) is 67.0 Å². The number of nitrogens with zero attached hydrogens (tertiary/aromatic N) is 4. The summed E-state index contributed by atoms with van der Waals surface area (Å²) in [4.78, 5) is 49.3. The van der Waals surface area contributed by atoms with Crippen molar-refractivity contribution in [2.45, 2.75) is 38.9 Å². The fraction of sp³-hybridized carbons (Fsp3) is 0.516. The topological polar surface area (TPSA) is 139 Å². The number of imidazole rings is 1. The molecule has 16 heteroatoms. The van der Waals surface area contributed by atoms with Crippen LogP contribution in [0.1, 0.15) is 57.7 Å². The minimum absolute atomic E-state index is 0.0343. The summed E-state index contributed by atoms with van der Waals surface area (Å²) in [5, 5.41) is 12.3. The molecule has 5 heterocycles. The van der Waals surface area contributed by atoms with E-state index in [0.29, 0.717) is 49.4 Å². The number of aromatic nitrogens is 4. The van der Waals surface area contributed by atoms with Gasteiger partial charge in [-0.2, -0.15) is 30.0 Å². The summed E-state index contributed by atoms with van der Waals surface area (Å²) in [6.07, 6.45) is -1.45. The van der Waals surface area contributed by atoms with Gasteiger partial charge in [-0.15, -0.1) is 0 Å². The van der Waals surface area contributed by atoms with Gasteiger partial charge in [0.05, 0.1) is 28.0 Å². The van der Waals surface area contributed by atoms with Gasteiger partial charge < -0.3 is 25.4 Å². The number of benzene rings is 1. The van der Waals surface area contributed by atoms with Gasteiger partial charge in [0.15, 0.2) is 11.5 Å². The molecular weight excluding hydrogens is 657 g/mol. The number of thioether (sulfide) groups is 1. The van der Waals surface area contributed by atoms with Crippen LogP contribution in [-0.2, 0) is 23.9 Å². The highest BCUT2D eigenvalue weighted by Gasteiger charge is 2.41. The Labute approximate surface area is 278 Å². The average molecular weight is 693 g/mol. The van der Waals surface area contributed by atoms with Crippen molar-refractivity contribution in [3.8, 4) is 11.3 Å². The van der Waals surface area contributed by atoms with Gasteiger partial charge >= 0.3 is 6.18 Å². The van der Waals surface area contributed by atoms with Gasteiger partial charge in [-0.25, -0.2) is 4.98 Å². The average Bonchev–Trinajstić information content (AvgIpc) is 3.70. The summed E-state index contributed by atoms with van der Waals surface area (Å²) in [7, 11) is 0. The first kappa shape index (κ1) is 33.3. The molecule has 3 saturated heterocycles. The maximum absolute atomic E-state index is 13.8. The van der Waals surface area contributed by atoms with E-state index in [0.717, 1.165) is 37.4 Å². The van der Waals surface area contributed by atoms with Crippen LogP contribution in [-0.4, -0.2) is 98.5 Å². The normalized spacial score (nSPS) is 18.6. The van der Waals surface area contributed by atoms with Gasteiger partial charge in [0.2, 0.25) is 5.91 Å². The summed E-state index contributed by atoms with van der Waals surface area (Å²) < 4.78 is 41.5. The third kappa shape index (κ3) is 7.31. The number of carbonyl (C=O) groups is 3. The van der Waals surface area contributed by atoms with Crippen LogP contribution >= 0.6 is 23.4 Å². The SMILES string of the molecule is CC1(Cc2[nH]nc(C(F)(F)F)c2-c2cnc(C(=O)NCc3ccc(C(=O)N4CCN(C(=O)C5CCNCC5)CC4)c(Cl)c3)[nH]2)CSC1. The molecule has 0 unspecified atom stereocenters. The predicted octanol–water partition coefficient (Wildman–Crippen LogP) is 3.98. The quantitative estimate of drug-likeness (QED) is 0.280. The molecule has 0 bridgehead atoms. The summed E-state index contributed by atoms with van der Waals surface area (Å²) in [5.74, 6) is 0.855. The summed E-state index contributed by atoms with van der Waals surface area (Å²) in [6, 6.07) is 4.87. The zero-order chi connectivity index (χ0) is 33.3. The van der Waals surface area contributed by atoms with Gasteiger partial charge in [-0.3, -0.25) is 19.5 Å². The molecule has 4 N–H and O–H groups in total. The van der Waals surface area contributed by atoms with Crippen molar-refractivity contribution >= 4 is 41.1 Å². The molecule has 0 atom stereocenters. The van der Waals surface area contributed by atoms with E-state index < -0.39 is 17.8 Å². The standard InChI is InChI=1S/C31H36ClF3N8O3S/c1-30(16-47-17-30)13-22-24(25(41-40-22)31(33,34)35)23-15-37-26(39-23)27(44)38-14-18-2-3-20(21(32)12-18)29(46)43-10-8-42(9-11-43)28(45)19-4-6-36-7-5-19/h2-3,12,15,19,36H,4-11,13-14,16-17H2,1H3,(H,37,39)(H,38,44)(H,40,41). The molecule has 3 aliphatic rings. The number of hydrogen-bond donors (Lipinski definition) is 4. The maximum Gasteiger partial charge on any atom is 0.435 e. The molecule has 3 aromatic rings. The highest BCUT2D eigenvalue weighted by molar-refractivity contribution is 8.00. The molecule has 47 heavy (non-hydrogen) atoms. The van der Waals surface area contributed by atoms with Gasteiger partial charge in [-0.1, -0.05) is 24.6 Å². The molecule has 252 valence electrons. The number of piperidine rings is 1. The number of hydrogen-bond acceptors (Lipinski definition) is 7. The summed E-state index contributed by atoms with van der Waals surface area (Å²) >= 11 is 8.23. The molecule has 3 fully saturated rings. The zero-order valence-corrected chi connectivity index (χ0v) is 27.4. The lowest BCUT2D eigenvalue weighted by atomic mass is 9.87. The van der Waals surface area contributed by atoms with Crippen molar-refractivity contribution in [3.05, 3.63) is 57.8 Å². The lowest BCUT2D eigenvalue weighted by molar-refractivity contribution is -0.140. The molecule has 0 spiro atoms. The third-order valence-corrected chi connectivity index (χ3v) is 11.1. The number of rotatable bonds is 8. The Bertz CT molecular complexity index is 1640. The second kappa shape index (κ2) is 13.5. The first-order chi connectivity index (χ1) is 22.4. The Morgan fingerprint density at radius 2 is 1.81 bits per heavy atom. The lowest BCUT2D eigenvalue weighted by Gasteiger charge is -2.37. The van der Waals surface area contributed by atoms with Crippen molar-refractivity contribution in [2.75, 3.05) is 50.8 Å². The number of alkyl halides is 3. The van der Waals surface area contributed by atoms with Crippen molar-refractivity contribution in [3.63, 3.8) is 0 Å². The monoisotopic (exact) mass is 692 g/mol. The predicted molar refractivity (Wildman–Crippen MR) is 171 cm³/mol. The number of halogens is 4. The molecular formula is C31H36ClF3N8O3S. The van der Waals surface area contributed by atoms with Crippen LogP contribution in [0, 0.1) is 11.3 Å². The fourth-order valence-electron chi connectivity index (χ4n) is 6.28. The minimum atomic E-state index is -4.69. The van der Waals surface area contributed by atoms with E-state index >= 15 is 0 Å². The van der Waals surface area contributed by atoms with Crippen LogP contribution in [0.25, 0.3) is 11.3 Å². The lowest BCUT2D eigenvalue weighted by Crippen LogP contribution is -2.52. The van der Waals surface area contributed by atoms with E-state index in [-0.39, 0.29) is 51.8 Å². The van der Waals surface area contributed by atoms with Crippen molar-refractivity contribution in [1.82, 2.24) is 40.6 Å². The molecule has 6 rings (SSSR count). The number of nitrogens with one attached hydrogen (secondary N) is 4. The molecule has 11 nitrogen and oxygen atoms in total. The fourth-order valence-corrected chi connectivity index (χ4v) is 7.67. The number of aromatic amines is 2. The highest BCUT2D eigenvalue weighted by Crippen LogP contribution is 2.44. The third-order valence-electron chi connectivity index (χ3n) is 8.96. The number of carbonyl (C=O) groups excluding carboxylic acids is 3. The summed E-state index contributed by atoms with van der Waals surface area (Å²) in [5.41, 5.74) is -0.0111. The van der Waals surface area contributed by atoms with Gasteiger partial charge in [0.25, 0.3) is 11.8 Å². The summed E-state index contributed by atoms with van der Waals surface area (Å²) in [6.45, 7) is 5.52. The van der Waals surface area contributed by atoms with Crippen molar-refractivity contribution < 1.29 is 27.6 Å². The zero-order valence-electron chi connectivity index (χ0n) is 25.8. The van der Waals surface area contributed by atoms with Crippen LogP contribution in [0.2, 0.25) is 5.02 Å². The molecule has 0 saturated carbocycles. The molecule has 2 aromatic heterocycles. The molecule has 1 aromatic carbocycles. The van der Waals surface area contributed by atoms with E-state index in [1.54, 1.807) is 34.9 Å². The number of H-pyrrole nitrogens is 2. The van der Waals surface area contributed by atoms with E-state index in [1.165, 1.54) is 6.20 Å². The Morgan fingerprint density at radius 3 is 2.45 bits per heavy atom. The minimum Gasteiger partial charge on any atom is -0.345 e. The Hall–Kier alpha value is -3.56.